The van der Waals surface area contributed by atoms with Crippen LogP contribution in [0.25, 0.3) is 11.2 Å². The van der Waals surface area contributed by atoms with E-state index in [1.54, 1.807) is 18.6 Å². The summed E-state index contributed by atoms with van der Waals surface area (Å²) in [5.74, 6) is -0.443. The number of amides is 1. The van der Waals surface area contributed by atoms with Crippen LogP contribution >= 0.6 is 0 Å². The van der Waals surface area contributed by atoms with Crippen LogP contribution in [0.15, 0.2) is 48.9 Å². The van der Waals surface area contributed by atoms with E-state index in [1.165, 1.54) is 18.2 Å². The molecule has 30 heavy (non-hydrogen) atoms. The van der Waals surface area contributed by atoms with Crippen LogP contribution in [-0.4, -0.2) is 33.9 Å². The van der Waals surface area contributed by atoms with E-state index in [-0.39, 0.29) is 23.9 Å². The summed E-state index contributed by atoms with van der Waals surface area (Å²) in [6.45, 7) is 1.18. The minimum absolute atomic E-state index is 0.0686. The Labute approximate surface area is 171 Å². The van der Waals surface area contributed by atoms with Crippen molar-refractivity contribution in [3.63, 3.8) is 0 Å². The van der Waals surface area contributed by atoms with Gasteiger partial charge in [-0.05, 0) is 30.5 Å². The molecule has 1 saturated heterocycles. The van der Waals surface area contributed by atoms with Crippen molar-refractivity contribution in [1.82, 2.24) is 20.3 Å². The van der Waals surface area contributed by atoms with E-state index in [1.807, 2.05) is 6.07 Å². The lowest BCUT2D eigenvalue weighted by molar-refractivity contribution is -0.138. The van der Waals surface area contributed by atoms with Crippen LogP contribution in [0, 0.1) is 5.92 Å². The Hall–Kier alpha value is -3.23. The Morgan fingerprint density at radius 2 is 1.83 bits per heavy atom. The Morgan fingerprint density at radius 1 is 1.10 bits per heavy atom. The maximum absolute atomic E-state index is 13.1. The number of aromatic nitrogens is 3. The van der Waals surface area contributed by atoms with Gasteiger partial charge in [0.15, 0.2) is 5.65 Å². The monoisotopic (exact) mass is 415 g/mol. The van der Waals surface area contributed by atoms with E-state index in [4.69, 9.17) is 0 Å². The summed E-state index contributed by atoms with van der Waals surface area (Å²) < 4.78 is 39.3. The number of benzene rings is 1. The van der Waals surface area contributed by atoms with Crippen LogP contribution < -0.4 is 10.2 Å². The minimum Gasteiger partial charge on any atom is -0.370 e. The number of halogens is 3. The molecule has 1 amide bonds. The van der Waals surface area contributed by atoms with Crippen molar-refractivity contribution in [2.24, 2.45) is 5.92 Å². The van der Waals surface area contributed by atoms with Crippen molar-refractivity contribution in [3.8, 4) is 0 Å². The van der Waals surface area contributed by atoms with Gasteiger partial charge in [-0.1, -0.05) is 18.2 Å². The number of carbonyl (C=O) groups excluding carboxylic acids is 1. The molecule has 3 aromatic rings. The number of nitrogens with zero attached hydrogens (tertiary/aromatic N) is 4. The molecule has 1 N–H and O–H groups in total. The molecule has 2 aromatic heterocycles. The lowest BCUT2D eigenvalue weighted by Gasteiger charge is -2.32. The third-order valence-corrected chi connectivity index (χ3v) is 5.32. The summed E-state index contributed by atoms with van der Waals surface area (Å²) in [7, 11) is 0. The van der Waals surface area contributed by atoms with E-state index >= 15 is 0 Å². The molecule has 0 bridgehead atoms. The largest absolute Gasteiger partial charge is 0.416 e. The molecule has 0 spiro atoms. The topological polar surface area (TPSA) is 71.0 Å². The highest BCUT2D eigenvalue weighted by Crippen LogP contribution is 2.32. The third-order valence-electron chi connectivity index (χ3n) is 5.32. The molecule has 4 rings (SSSR count). The van der Waals surface area contributed by atoms with Gasteiger partial charge in [0.05, 0.1) is 17.4 Å². The number of fused-ring (bicyclic) bond motifs is 1. The van der Waals surface area contributed by atoms with Gasteiger partial charge in [0.2, 0.25) is 5.91 Å². The normalized spacial score (nSPS) is 15.4. The average molecular weight is 415 g/mol. The van der Waals surface area contributed by atoms with Gasteiger partial charge in [-0.2, -0.15) is 13.2 Å². The SMILES string of the molecule is O=C(NCc1ccccc1C(F)(F)F)C1CCN(c2cnc3nccnc3c2)CC1. The summed E-state index contributed by atoms with van der Waals surface area (Å²) >= 11 is 0. The first-order valence-corrected chi connectivity index (χ1v) is 9.66. The molecular weight excluding hydrogens is 395 g/mol. The van der Waals surface area contributed by atoms with E-state index < -0.39 is 11.7 Å². The summed E-state index contributed by atoms with van der Waals surface area (Å²) in [5.41, 5.74) is 1.56. The number of nitrogens with one attached hydrogen (secondary N) is 1. The van der Waals surface area contributed by atoms with Crippen LogP contribution in [0.5, 0.6) is 0 Å². The maximum Gasteiger partial charge on any atom is 0.416 e. The predicted molar refractivity (Wildman–Crippen MR) is 106 cm³/mol. The summed E-state index contributed by atoms with van der Waals surface area (Å²) in [6.07, 6.45) is 1.74. The zero-order valence-corrected chi connectivity index (χ0v) is 16.1. The van der Waals surface area contributed by atoms with Crippen molar-refractivity contribution in [1.29, 1.82) is 0 Å². The van der Waals surface area contributed by atoms with Crippen molar-refractivity contribution in [2.75, 3.05) is 18.0 Å². The predicted octanol–water partition coefficient (Wildman–Crippen LogP) is 3.58. The highest BCUT2D eigenvalue weighted by molar-refractivity contribution is 5.79. The second-order valence-corrected chi connectivity index (χ2v) is 7.23. The van der Waals surface area contributed by atoms with E-state index in [0.29, 0.717) is 37.1 Å². The van der Waals surface area contributed by atoms with E-state index in [9.17, 15) is 18.0 Å². The van der Waals surface area contributed by atoms with Crippen molar-refractivity contribution >= 4 is 22.8 Å². The van der Waals surface area contributed by atoms with Crippen LogP contribution in [0.3, 0.4) is 0 Å². The first-order chi connectivity index (χ1) is 14.4. The second-order valence-electron chi connectivity index (χ2n) is 7.23. The number of hydrogen-bond donors (Lipinski definition) is 1. The van der Waals surface area contributed by atoms with Crippen LogP contribution in [0.2, 0.25) is 0 Å². The fourth-order valence-electron chi connectivity index (χ4n) is 3.70. The van der Waals surface area contributed by atoms with Gasteiger partial charge < -0.3 is 10.2 Å². The Morgan fingerprint density at radius 3 is 2.60 bits per heavy atom. The van der Waals surface area contributed by atoms with E-state index in [2.05, 4.69) is 25.2 Å². The Balaban J connectivity index is 1.34. The van der Waals surface area contributed by atoms with Gasteiger partial charge in [-0.25, -0.2) is 9.97 Å². The molecule has 1 aliphatic heterocycles. The zero-order chi connectivity index (χ0) is 21.1. The number of pyridine rings is 1. The quantitative estimate of drug-likeness (QED) is 0.705. The molecule has 6 nitrogen and oxygen atoms in total. The van der Waals surface area contributed by atoms with Crippen LogP contribution in [-0.2, 0) is 17.5 Å². The minimum atomic E-state index is -4.44. The highest BCUT2D eigenvalue weighted by atomic mass is 19.4. The number of anilines is 1. The molecule has 0 atom stereocenters. The number of alkyl halides is 3. The van der Waals surface area contributed by atoms with Gasteiger partial charge in [-0.15, -0.1) is 0 Å². The standard InChI is InChI=1S/C21H20F3N5O/c22-21(23,24)17-4-2-1-3-15(17)12-28-20(30)14-5-9-29(10-6-14)16-11-18-19(27-13-16)26-8-7-25-18/h1-4,7-8,11,13-14H,5-6,9-10,12H2,(H,28,30). The molecule has 0 radical (unpaired) electrons. The Bertz CT molecular complexity index is 1050. The van der Waals surface area contributed by atoms with Gasteiger partial charge in [0.25, 0.3) is 0 Å². The van der Waals surface area contributed by atoms with Gasteiger partial charge >= 0.3 is 6.18 Å². The smallest absolute Gasteiger partial charge is 0.370 e. The van der Waals surface area contributed by atoms with Gasteiger partial charge in [0.1, 0.15) is 5.52 Å². The van der Waals surface area contributed by atoms with Crippen LogP contribution in [0.4, 0.5) is 18.9 Å². The first-order valence-electron chi connectivity index (χ1n) is 9.66. The first kappa shape index (κ1) is 20.1. The molecule has 0 aliphatic carbocycles. The lowest BCUT2D eigenvalue weighted by Crippen LogP contribution is -2.40. The molecule has 0 unspecified atom stereocenters. The molecule has 1 aromatic carbocycles. The molecule has 156 valence electrons. The van der Waals surface area contributed by atoms with Crippen molar-refractivity contribution < 1.29 is 18.0 Å². The van der Waals surface area contributed by atoms with Crippen LogP contribution in [0.1, 0.15) is 24.0 Å². The van der Waals surface area contributed by atoms with Gasteiger partial charge in [0, 0.05) is 37.9 Å². The lowest BCUT2D eigenvalue weighted by atomic mass is 9.95. The molecule has 3 heterocycles. The number of rotatable bonds is 4. The molecule has 1 fully saturated rings. The molecule has 0 saturated carbocycles. The highest BCUT2D eigenvalue weighted by Gasteiger charge is 2.33. The van der Waals surface area contributed by atoms with Crippen molar-refractivity contribution in [3.05, 3.63) is 60.0 Å². The third kappa shape index (κ3) is 4.34. The molecule has 1 aliphatic rings. The molecular formula is C21H20F3N5O. The van der Waals surface area contributed by atoms with Crippen molar-refractivity contribution in [2.45, 2.75) is 25.6 Å². The summed E-state index contributed by atoms with van der Waals surface area (Å²) in [4.78, 5) is 27.4. The molecule has 9 heteroatoms. The van der Waals surface area contributed by atoms with E-state index in [0.717, 1.165) is 11.8 Å². The Kier molecular flexibility index (Phi) is 5.52. The fraction of sp³-hybridized carbons (Fsp3) is 0.333. The number of piperidine rings is 1. The zero-order valence-electron chi connectivity index (χ0n) is 16.1. The number of hydrogen-bond acceptors (Lipinski definition) is 5. The average Bonchev–Trinajstić information content (AvgIpc) is 2.77. The second kappa shape index (κ2) is 8.25. The fourth-order valence-corrected chi connectivity index (χ4v) is 3.70. The van der Waals surface area contributed by atoms with Gasteiger partial charge in [-0.3, -0.25) is 9.78 Å². The summed E-state index contributed by atoms with van der Waals surface area (Å²) in [5, 5.41) is 2.67. The summed E-state index contributed by atoms with van der Waals surface area (Å²) in [6, 6.07) is 7.22. The number of carbonyl (C=O) groups is 1. The maximum atomic E-state index is 13.1.